The summed E-state index contributed by atoms with van der Waals surface area (Å²) in [6.07, 6.45) is 0. The Morgan fingerprint density at radius 3 is 1.77 bits per heavy atom. The maximum Gasteiger partial charge on any atom is 0.164 e. The first-order chi connectivity index (χ1) is 31.5. The zero-order chi connectivity index (χ0) is 42.5. The lowest BCUT2D eigenvalue weighted by molar-refractivity contribution is 0.660. The first-order valence-corrected chi connectivity index (χ1v) is 21.8. The molecule has 9 aromatic carbocycles. The molecular formula is C59H38N4O. The van der Waals surface area contributed by atoms with Crippen LogP contribution in [0.2, 0.25) is 0 Å². The molecule has 13 rings (SSSR count). The molecule has 0 spiro atoms. The standard InChI is InChI=1S/C59H38N4O/c1-59(2)49-26-13-11-22-40(49)47-34-39(28-31-50(47)59)57-61-56(36-18-7-4-8-19-36)62-58(63-57)48-33-38-21-10-9-20-37(38)32-46(48)42-25-15-24-41-43-29-30-45-52(55(43)64-54(41)42)44-23-12-14-27-51(44)60-53(45)35-16-5-3-6-17-35/h3-34H,1-2H3. The molecule has 3 heterocycles. The van der Waals surface area contributed by atoms with Gasteiger partial charge in [0.2, 0.25) is 0 Å². The molecule has 1 aliphatic rings. The summed E-state index contributed by atoms with van der Waals surface area (Å²) in [4.78, 5) is 21.1. The molecule has 0 aliphatic heterocycles. The molecule has 0 radical (unpaired) electrons. The van der Waals surface area contributed by atoms with Gasteiger partial charge in [-0.15, -0.1) is 0 Å². The highest BCUT2D eigenvalue weighted by molar-refractivity contribution is 6.25. The van der Waals surface area contributed by atoms with Crippen molar-refractivity contribution in [1.82, 2.24) is 19.9 Å². The molecule has 1 aliphatic carbocycles. The van der Waals surface area contributed by atoms with Gasteiger partial charge in [0, 0.05) is 60.2 Å². The van der Waals surface area contributed by atoms with Crippen molar-refractivity contribution in [2.75, 3.05) is 0 Å². The normalized spacial score (nSPS) is 13.0. The van der Waals surface area contributed by atoms with Crippen LogP contribution in [0, 0.1) is 0 Å². The molecular weight excluding hydrogens is 781 g/mol. The quantitative estimate of drug-likeness (QED) is 0.162. The molecule has 0 bridgehead atoms. The number of aromatic nitrogens is 4. The van der Waals surface area contributed by atoms with Crippen molar-refractivity contribution >= 4 is 54.4 Å². The second kappa shape index (κ2) is 13.9. The third-order valence-electron chi connectivity index (χ3n) is 13.3. The maximum absolute atomic E-state index is 7.25. The number of para-hydroxylation sites is 2. The number of rotatable bonds is 5. The fourth-order valence-corrected chi connectivity index (χ4v) is 10.2. The zero-order valence-electron chi connectivity index (χ0n) is 35.2. The summed E-state index contributed by atoms with van der Waals surface area (Å²) in [5.74, 6) is 1.83. The maximum atomic E-state index is 7.25. The summed E-state index contributed by atoms with van der Waals surface area (Å²) < 4.78 is 7.25. The number of fused-ring (bicyclic) bond motifs is 11. The number of hydrogen-bond acceptors (Lipinski definition) is 5. The Balaban J connectivity index is 1.07. The van der Waals surface area contributed by atoms with E-state index < -0.39 is 0 Å². The second-order valence-corrected chi connectivity index (χ2v) is 17.3. The van der Waals surface area contributed by atoms with Crippen LogP contribution in [-0.4, -0.2) is 19.9 Å². The zero-order valence-corrected chi connectivity index (χ0v) is 35.2. The average molecular weight is 819 g/mol. The van der Waals surface area contributed by atoms with Crippen molar-refractivity contribution in [2.45, 2.75) is 19.3 Å². The average Bonchev–Trinajstić information content (AvgIpc) is 3.85. The minimum atomic E-state index is -0.109. The van der Waals surface area contributed by atoms with Crippen LogP contribution in [0.25, 0.3) is 122 Å². The van der Waals surface area contributed by atoms with Gasteiger partial charge in [-0.3, -0.25) is 0 Å². The summed E-state index contributed by atoms with van der Waals surface area (Å²) in [5, 5.41) is 7.46. The van der Waals surface area contributed by atoms with E-state index in [1.807, 2.05) is 30.3 Å². The van der Waals surface area contributed by atoms with E-state index in [0.717, 1.165) is 93.5 Å². The lowest BCUT2D eigenvalue weighted by Gasteiger charge is -2.21. The molecule has 0 saturated carbocycles. The third kappa shape index (κ3) is 5.50. The van der Waals surface area contributed by atoms with Crippen molar-refractivity contribution in [1.29, 1.82) is 0 Å². The lowest BCUT2D eigenvalue weighted by Crippen LogP contribution is -2.14. The lowest BCUT2D eigenvalue weighted by atomic mass is 9.82. The summed E-state index contributed by atoms with van der Waals surface area (Å²) in [7, 11) is 0. The minimum Gasteiger partial charge on any atom is -0.455 e. The number of pyridine rings is 1. The Morgan fingerprint density at radius 1 is 0.359 bits per heavy atom. The van der Waals surface area contributed by atoms with Gasteiger partial charge >= 0.3 is 0 Å². The smallest absolute Gasteiger partial charge is 0.164 e. The molecule has 64 heavy (non-hydrogen) atoms. The molecule has 0 amide bonds. The highest BCUT2D eigenvalue weighted by Gasteiger charge is 2.35. The summed E-state index contributed by atoms with van der Waals surface area (Å²) >= 11 is 0. The van der Waals surface area contributed by atoms with Crippen molar-refractivity contribution in [3.63, 3.8) is 0 Å². The van der Waals surface area contributed by atoms with E-state index in [9.17, 15) is 0 Å². The van der Waals surface area contributed by atoms with E-state index in [-0.39, 0.29) is 5.41 Å². The van der Waals surface area contributed by atoms with Crippen molar-refractivity contribution in [3.8, 4) is 67.7 Å². The molecule has 300 valence electrons. The summed E-state index contributed by atoms with van der Waals surface area (Å²) in [6, 6.07) is 68.2. The summed E-state index contributed by atoms with van der Waals surface area (Å²) in [5.41, 5.74) is 14.3. The number of benzene rings is 9. The van der Waals surface area contributed by atoms with Gasteiger partial charge in [0.1, 0.15) is 11.2 Å². The highest BCUT2D eigenvalue weighted by atomic mass is 16.3. The SMILES string of the molecule is CC1(C)c2ccccc2-c2cc(-c3nc(-c4ccccc4)nc(-c4cc5ccccc5cc4-c4cccc5c4oc4c5ccc5c(-c6ccccc6)nc6ccccc6c54)n3)ccc21. The molecule has 0 saturated heterocycles. The Hall–Kier alpha value is -8.28. The third-order valence-corrected chi connectivity index (χ3v) is 13.3. The van der Waals surface area contributed by atoms with Crippen LogP contribution in [0.4, 0.5) is 0 Å². The van der Waals surface area contributed by atoms with E-state index in [4.69, 9.17) is 24.4 Å². The predicted octanol–water partition coefficient (Wildman–Crippen LogP) is 15.3. The van der Waals surface area contributed by atoms with Crippen LogP contribution in [0.1, 0.15) is 25.0 Å². The van der Waals surface area contributed by atoms with Crippen LogP contribution in [0.15, 0.2) is 199 Å². The van der Waals surface area contributed by atoms with E-state index in [1.165, 1.54) is 22.3 Å². The Morgan fingerprint density at radius 2 is 0.953 bits per heavy atom. The predicted molar refractivity (Wildman–Crippen MR) is 262 cm³/mol. The van der Waals surface area contributed by atoms with Crippen LogP contribution < -0.4 is 0 Å². The number of nitrogens with zero attached hydrogens (tertiary/aromatic N) is 4. The number of furan rings is 1. The minimum absolute atomic E-state index is 0.109. The van der Waals surface area contributed by atoms with Gasteiger partial charge in [-0.05, 0) is 68.9 Å². The fraction of sp³-hybridized carbons (Fsp3) is 0.0508. The van der Waals surface area contributed by atoms with E-state index in [1.54, 1.807) is 0 Å². The Kier molecular flexibility index (Phi) is 7.88. The molecule has 0 fully saturated rings. The van der Waals surface area contributed by atoms with Crippen LogP contribution >= 0.6 is 0 Å². The van der Waals surface area contributed by atoms with Crippen LogP contribution in [0.3, 0.4) is 0 Å². The van der Waals surface area contributed by atoms with Gasteiger partial charge in [0.05, 0.1) is 11.2 Å². The first-order valence-electron chi connectivity index (χ1n) is 21.8. The van der Waals surface area contributed by atoms with E-state index >= 15 is 0 Å². The van der Waals surface area contributed by atoms with Gasteiger partial charge in [-0.25, -0.2) is 19.9 Å². The fourth-order valence-electron chi connectivity index (χ4n) is 10.2. The summed E-state index contributed by atoms with van der Waals surface area (Å²) in [6.45, 7) is 4.61. The van der Waals surface area contributed by atoms with E-state index in [0.29, 0.717) is 17.5 Å². The van der Waals surface area contributed by atoms with Crippen LogP contribution in [-0.2, 0) is 5.41 Å². The molecule has 0 unspecified atom stereocenters. The largest absolute Gasteiger partial charge is 0.455 e. The van der Waals surface area contributed by atoms with Gasteiger partial charge in [-0.1, -0.05) is 178 Å². The van der Waals surface area contributed by atoms with Crippen LogP contribution in [0.5, 0.6) is 0 Å². The van der Waals surface area contributed by atoms with Crippen molar-refractivity contribution in [2.24, 2.45) is 0 Å². The topological polar surface area (TPSA) is 64.7 Å². The number of hydrogen-bond donors (Lipinski definition) is 0. The molecule has 0 atom stereocenters. The highest BCUT2D eigenvalue weighted by Crippen LogP contribution is 2.50. The van der Waals surface area contributed by atoms with Gasteiger partial charge < -0.3 is 4.42 Å². The first kappa shape index (κ1) is 36.4. The van der Waals surface area contributed by atoms with Crippen molar-refractivity contribution < 1.29 is 4.42 Å². The van der Waals surface area contributed by atoms with Gasteiger partial charge in [-0.2, -0.15) is 0 Å². The van der Waals surface area contributed by atoms with Crippen molar-refractivity contribution in [3.05, 3.63) is 205 Å². The Bertz CT molecular complexity index is 3870. The Labute approximate surface area is 369 Å². The molecule has 12 aromatic rings. The van der Waals surface area contributed by atoms with E-state index in [2.05, 4.69) is 178 Å². The molecule has 5 heteroatoms. The van der Waals surface area contributed by atoms with Gasteiger partial charge in [0.25, 0.3) is 0 Å². The second-order valence-electron chi connectivity index (χ2n) is 17.3. The monoisotopic (exact) mass is 818 g/mol. The molecule has 5 nitrogen and oxygen atoms in total. The molecule has 3 aromatic heterocycles. The van der Waals surface area contributed by atoms with Gasteiger partial charge in [0.15, 0.2) is 17.5 Å². The molecule has 0 N–H and O–H groups in total.